The van der Waals surface area contributed by atoms with Crippen molar-refractivity contribution < 1.29 is 0 Å². The van der Waals surface area contributed by atoms with E-state index in [9.17, 15) is 9.59 Å². The molecule has 6 heteroatoms. The number of fused-ring (bicyclic) bond motifs is 1. The van der Waals surface area contributed by atoms with Crippen LogP contribution in [0.4, 0.5) is 5.69 Å². The SMILES string of the molecule is CCn1ccc(CNc2ccc3[nH]c(=O)c(=O)[nH]c3c2)c1. The van der Waals surface area contributed by atoms with Crippen LogP contribution >= 0.6 is 0 Å². The molecule has 3 N–H and O–H groups in total. The van der Waals surface area contributed by atoms with Gasteiger partial charge >= 0.3 is 11.1 Å². The molecular weight excluding hydrogens is 268 g/mol. The van der Waals surface area contributed by atoms with Gasteiger partial charge in [0.15, 0.2) is 0 Å². The second-order valence-corrected chi connectivity index (χ2v) is 4.87. The summed E-state index contributed by atoms with van der Waals surface area (Å²) < 4.78 is 2.11. The Labute approximate surface area is 120 Å². The van der Waals surface area contributed by atoms with Crippen LogP contribution in [0.3, 0.4) is 0 Å². The van der Waals surface area contributed by atoms with Gasteiger partial charge in [-0.2, -0.15) is 0 Å². The Morgan fingerprint density at radius 2 is 1.86 bits per heavy atom. The third-order valence-electron chi connectivity index (χ3n) is 3.40. The second kappa shape index (κ2) is 5.32. The highest BCUT2D eigenvalue weighted by molar-refractivity contribution is 5.78. The van der Waals surface area contributed by atoms with Crippen molar-refractivity contribution in [2.75, 3.05) is 5.32 Å². The molecule has 108 valence electrons. The standard InChI is InChI=1S/C15H16N4O2/c1-2-19-6-5-10(9-19)8-16-11-3-4-12-13(7-11)18-15(21)14(20)17-12/h3-7,9,16H,2,8H2,1H3,(H,17,20)(H,18,21). The van der Waals surface area contributed by atoms with Crippen molar-refractivity contribution in [1.29, 1.82) is 0 Å². The number of rotatable bonds is 4. The maximum atomic E-state index is 11.3. The zero-order valence-corrected chi connectivity index (χ0v) is 11.6. The fourth-order valence-corrected chi connectivity index (χ4v) is 2.22. The zero-order valence-electron chi connectivity index (χ0n) is 11.6. The number of benzene rings is 1. The molecule has 0 unspecified atom stereocenters. The van der Waals surface area contributed by atoms with E-state index in [0.29, 0.717) is 17.6 Å². The normalized spacial score (nSPS) is 10.9. The molecule has 0 radical (unpaired) electrons. The summed E-state index contributed by atoms with van der Waals surface area (Å²) in [7, 11) is 0. The summed E-state index contributed by atoms with van der Waals surface area (Å²) in [5.74, 6) is 0. The number of nitrogens with one attached hydrogen (secondary N) is 3. The van der Waals surface area contributed by atoms with E-state index in [1.54, 1.807) is 6.07 Å². The molecule has 6 nitrogen and oxygen atoms in total. The first-order chi connectivity index (χ1) is 10.2. The third-order valence-corrected chi connectivity index (χ3v) is 3.40. The minimum atomic E-state index is -0.639. The molecule has 0 atom stereocenters. The summed E-state index contributed by atoms with van der Waals surface area (Å²) in [6.07, 6.45) is 4.13. The number of nitrogens with zero attached hydrogens (tertiary/aromatic N) is 1. The molecule has 3 aromatic rings. The number of aryl methyl sites for hydroxylation is 1. The lowest BCUT2D eigenvalue weighted by Gasteiger charge is -2.06. The molecule has 0 spiro atoms. The maximum Gasteiger partial charge on any atom is 0.314 e. The number of anilines is 1. The lowest BCUT2D eigenvalue weighted by Crippen LogP contribution is -2.28. The first kappa shape index (κ1) is 13.2. The Balaban J connectivity index is 1.82. The highest BCUT2D eigenvalue weighted by Crippen LogP contribution is 2.15. The maximum absolute atomic E-state index is 11.3. The molecule has 0 fully saturated rings. The van der Waals surface area contributed by atoms with Crippen LogP contribution in [0.1, 0.15) is 12.5 Å². The van der Waals surface area contributed by atoms with E-state index in [2.05, 4.69) is 39.0 Å². The van der Waals surface area contributed by atoms with Crippen LogP contribution in [0, 0.1) is 0 Å². The van der Waals surface area contributed by atoms with E-state index in [-0.39, 0.29) is 0 Å². The van der Waals surface area contributed by atoms with Crippen molar-refractivity contribution in [2.24, 2.45) is 0 Å². The van der Waals surface area contributed by atoms with Crippen LogP contribution in [0.5, 0.6) is 0 Å². The Kier molecular flexibility index (Phi) is 3.35. The monoisotopic (exact) mass is 284 g/mol. The van der Waals surface area contributed by atoms with Gasteiger partial charge in [-0.25, -0.2) is 0 Å². The number of H-pyrrole nitrogens is 2. The highest BCUT2D eigenvalue weighted by Gasteiger charge is 2.01. The molecular formula is C15H16N4O2. The van der Waals surface area contributed by atoms with Crippen molar-refractivity contribution in [3.8, 4) is 0 Å². The predicted octanol–water partition coefficient (Wildman–Crippen LogP) is 1.65. The van der Waals surface area contributed by atoms with Crippen LogP contribution < -0.4 is 16.4 Å². The molecule has 21 heavy (non-hydrogen) atoms. The minimum Gasteiger partial charge on any atom is -0.381 e. The topological polar surface area (TPSA) is 82.7 Å². The van der Waals surface area contributed by atoms with E-state index >= 15 is 0 Å². The summed E-state index contributed by atoms with van der Waals surface area (Å²) in [5.41, 5.74) is 2.02. The molecule has 2 aromatic heterocycles. The molecule has 1 aromatic carbocycles. The fraction of sp³-hybridized carbons (Fsp3) is 0.200. The lowest BCUT2D eigenvalue weighted by atomic mass is 10.2. The predicted molar refractivity (Wildman–Crippen MR) is 82.6 cm³/mol. The van der Waals surface area contributed by atoms with Gasteiger partial charge in [0.1, 0.15) is 0 Å². The van der Waals surface area contributed by atoms with Crippen molar-refractivity contribution in [3.63, 3.8) is 0 Å². The van der Waals surface area contributed by atoms with Gasteiger partial charge in [0.25, 0.3) is 0 Å². The van der Waals surface area contributed by atoms with E-state index in [0.717, 1.165) is 12.2 Å². The molecule has 0 aliphatic rings. The Hall–Kier alpha value is -2.76. The summed E-state index contributed by atoms with van der Waals surface area (Å²) in [5, 5.41) is 3.30. The molecule has 0 bridgehead atoms. The van der Waals surface area contributed by atoms with Crippen LogP contribution in [-0.2, 0) is 13.1 Å². The number of hydrogen-bond acceptors (Lipinski definition) is 3. The largest absolute Gasteiger partial charge is 0.381 e. The average molecular weight is 284 g/mol. The average Bonchev–Trinajstić information content (AvgIpc) is 2.94. The van der Waals surface area contributed by atoms with Crippen molar-refractivity contribution in [2.45, 2.75) is 20.0 Å². The van der Waals surface area contributed by atoms with E-state index < -0.39 is 11.1 Å². The molecule has 0 aliphatic heterocycles. The first-order valence-electron chi connectivity index (χ1n) is 6.80. The summed E-state index contributed by atoms with van der Waals surface area (Å²) >= 11 is 0. The summed E-state index contributed by atoms with van der Waals surface area (Å²) in [6, 6.07) is 7.51. The van der Waals surface area contributed by atoms with Gasteiger partial charge in [-0.1, -0.05) is 0 Å². The van der Waals surface area contributed by atoms with Gasteiger partial charge in [0.05, 0.1) is 11.0 Å². The Bertz CT molecular complexity index is 888. The molecule has 3 rings (SSSR count). The molecule has 2 heterocycles. The molecule has 0 saturated carbocycles. The van der Waals surface area contributed by atoms with Crippen LogP contribution in [0.2, 0.25) is 0 Å². The van der Waals surface area contributed by atoms with Crippen molar-refractivity contribution in [3.05, 3.63) is 62.9 Å². The van der Waals surface area contributed by atoms with E-state index in [4.69, 9.17) is 0 Å². The van der Waals surface area contributed by atoms with Gasteiger partial charge in [0.2, 0.25) is 0 Å². The third kappa shape index (κ3) is 2.74. The minimum absolute atomic E-state index is 0.607. The highest BCUT2D eigenvalue weighted by atomic mass is 16.2. The summed E-state index contributed by atoms with van der Waals surface area (Å²) in [6.45, 7) is 3.74. The quantitative estimate of drug-likeness (QED) is 0.637. The van der Waals surface area contributed by atoms with E-state index in [1.165, 1.54) is 5.56 Å². The van der Waals surface area contributed by atoms with Crippen molar-refractivity contribution >= 4 is 16.7 Å². The van der Waals surface area contributed by atoms with Gasteiger partial charge in [-0.3, -0.25) is 9.59 Å². The van der Waals surface area contributed by atoms with Crippen LogP contribution in [0.15, 0.2) is 46.2 Å². The van der Waals surface area contributed by atoms with Crippen LogP contribution in [-0.4, -0.2) is 14.5 Å². The number of aromatic amines is 2. The van der Waals surface area contributed by atoms with Gasteiger partial charge in [-0.15, -0.1) is 0 Å². The Morgan fingerprint density at radius 3 is 2.57 bits per heavy atom. The number of aromatic nitrogens is 3. The van der Waals surface area contributed by atoms with Crippen molar-refractivity contribution in [1.82, 2.24) is 14.5 Å². The first-order valence-corrected chi connectivity index (χ1v) is 6.80. The molecule has 0 saturated heterocycles. The number of hydrogen-bond donors (Lipinski definition) is 3. The Morgan fingerprint density at radius 1 is 1.10 bits per heavy atom. The molecule has 0 aliphatic carbocycles. The zero-order chi connectivity index (χ0) is 14.8. The molecule has 0 amide bonds. The second-order valence-electron chi connectivity index (χ2n) is 4.87. The fourth-order valence-electron chi connectivity index (χ4n) is 2.22. The smallest absolute Gasteiger partial charge is 0.314 e. The van der Waals surface area contributed by atoms with Gasteiger partial charge < -0.3 is 19.9 Å². The van der Waals surface area contributed by atoms with Gasteiger partial charge in [-0.05, 0) is 36.8 Å². The van der Waals surface area contributed by atoms with Gasteiger partial charge in [0, 0.05) is 31.2 Å². The van der Waals surface area contributed by atoms with Crippen LogP contribution in [0.25, 0.3) is 11.0 Å². The van der Waals surface area contributed by atoms with E-state index in [1.807, 2.05) is 18.3 Å². The summed E-state index contributed by atoms with van der Waals surface area (Å²) in [4.78, 5) is 27.7. The lowest BCUT2D eigenvalue weighted by molar-refractivity contribution is 0.766.